The van der Waals surface area contributed by atoms with E-state index < -0.39 is 0 Å². The third-order valence-electron chi connectivity index (χ3n) is 3.63. The average Bonchev–Trinajstić information content (AvgIpc) is 2.41. The Hall–Kier alpha value is -1.67. The molecule has 1 nitrogen and oxygen atoms in total. The Bertz CT molecular complexity index is 634. The Morgan fingerprint density at radius 1 is 1.11 bits per heavy atom. The van der Waals surface area contributed by atoms with Crippen molar-refractivity contribution >= 4 is 17.4 Å². The first kappa shape index (κ1) is 12.4. The smallest absolute Gasteiger partial charge is 0.163 e. The highest BCUT2D eigenvalue weighted by atomic mass is 35.5. The van der Waals surface area contributed by atoms with E-state index in [1.807, 2.05) is 6.07 Å². The minimum atomic E-state index is -0.255. The lowest BCUT2D eigenvalue weighted by Crippen LogP contribution is -2.17. The number of ketones is 1. The molecule has 0 N–H and O–H groups in total. The minimum absolute atomic E-state index is 0.0713. The van der Waals surface area contributed by atoms with Crippen LogP contribution in [-0.4, -0.2) is 5.78 Å². The minimum Gasteiger partial charge on any atom is -0.294 e. The van der Waals surface area contributed by atoms with Gasteiger partial charge in [0.1, 0.15) is 5.82 Å². The highest BCUT2D eigenvalue weighted by Gasteiger charge is 2.28. The molecule has 1 aliphatic carbocycles. The molecule has 2 aromatic rings. The number of carbonyl (C=O) groups is 1. The molecule has 0 aromatic heterocycles. The summed E-state index contributed by atoms with van der Waals surface area (Å²) in [5.41, 5.74) is 2.59. The monoisotopic (exact) mass is 274 g/mol. The summed E-state index contributed by atoms with van der Waals surface area (Å²) in [4.78, 5) is 12.0. The van der Waals surface area contributed by atoms with E-state index in [0.29, 0.717) is 17.0 Å². The van der Waals surface area contributed by atoms with Gasteiger partial charge in [0.2, 0.25) is 0 Å². The lowest BCUT2D eigenvalue weighted by molar-refractivity contribution is 0.0969. The molecule has 96 valence electrons. The van der Waals surface area contributed by atoms with Crippen molar-refractivity contribution in [2.24, 2.45) is 0 Å². The van der Waals surface area contributed by atoms with Crippen LogP contribution in [0.4, 0.5) is 4.39 Å². The molecule has 1 unspecified atom stereocenters. The van der Waals surface area contributed by atoms with Crippen LogP contribution in [-0.2, 0) is 0 Å². The van der Waals surface area contributed by atoms with Crippen molar-refractivity contribution in [1.29, 1.82) is 0 Å². The molecular weight excluding hydrogens is 263 g/mol. The van der Waals surface area contributed by atoms with Crippen molar-refractivity contribution in [3.05, 3.63) is 70.0 Å². The molecule has 3 rings (SSSR count). The molecule has 0 bridgehead atoms. The van der Waals surface area contributed by atoms with E-state index >= 15 is 0 Å². The molecule has 2 aromatic carbocycles. The molecule has 0 saturated heterocycles. The summed E-state index contributed by atoms with van der Waals surface area (Å²) >= 11 is 6.26. The second-order valence-electron chi connectivity index (χ2n) is 4.77. The van der Waals surface area contributed by atoms with Crippen LogP contribution in [0.1, 0.15) is 40.2 Å². The fraction of sp³-hybridized carbons (Fsp3) is 0.188. The van der Waals surface area contributed by atoms with Crippen molar-refractivity contribution in [1.82, 2.24) is 0 Å². The van der Waals surface area contributed by atoms with Crippen LogP contribution in [0.2, 0.25) is 5.02 Å². The Balaban J connectivity index is 2.13. The quantitative estimate of drug-likeness (QED) is 0.743. The summed E-state index contributed by atoms with van der Waals surface area (Å²) in [5.74, 6) is -0.0483. The van der Waals surface area contributed by atoms with Gasteiger partial charge in [-0.15, -0.1) is 0 Å². The van der Waals surface area contributed by atoms with Crippen LogP contribution in [0.5, 0.6) is 0 Å². The van der Waals surface area contributed by atoms with Gasteiger partial charge in [0.05, 0.1) is 0 Å². The van der Waals surface area contributed by atoms with E-state index in [1.165, 1.54) is 12.1 Å². The van der Waals surface area contributed by atoms with Gasteiger partial charge >= 0.3 is 0 Å². The molecule has 0 spiro atoms. The van der Waals surface area contributed by atoms with Gasteiger partial charge in [-0.05, 0) is 35.7 Å². The predicted octanol–water partition coefficient (Wildman–Crippen LogP) is 4.59. The summed E-state index contributed by atoms with van der Waals surface area (Å²) in [6.45, 7) is 0. The van der Waals surface area contributed by atoms with Crippen molar-refractivity contribution in [3.63, 3.8) is 0 Å². The van der Waals surface area contributed by atoms with Crippen LogP contribution in [0.25, 0.3) is 0 Å². The fourth-order valence-corrected chi connectivity index (χ4v) is 3.02. The summed E-state index contributed by atoms with van der Waals surface area (Å²) < 4.78 is 13.0. The van der Waals surface area contributed by atoms with E-state index in [2.05, 4.69) is 0 Å². The fourth-order valence-electron chi connectivity index (χ4n) is 2.72. The maximum absolute atomic E-state index is 13.0. The number of benzene rings is 2. The highest BCUT2D eigenvalue weighted by Crippen LogP contribution is 2.40. The summed E-state index contributed by atoms with van der Waals surface area (Å²) in [6.07, 6.45) is 1.23. The van der Waals surface area contributed by atoms with E-state index in [4.69, 9.17) is 11.6 Å². The Kier molecular flexibility index (Phi) is 3.11. The van der Waals surface area contributed by atoms with Crippen LogP contribution < -0.4 is 0 Å². The summed E-state index contributed by atoms with van der Waals surface area (Å²) in [5, 5.41) is 0.611. The number of hydrogen-bond donors (Lipinski definition) is 0. The van der Waals surface area contributed by atoms with E-state index in [1.54, 1.807) is 24.3 Å². The van der Waals surface area contributed by atoms with Crippen LogP contribution in [0.3, 0.4) is 0 Å². The first-order valence-electron chi connectivity index (χ1n) is 6.24. The Morgan fingerprint density at radius 2 is 1.84 bits per heavy atom. The molecule has 0 fully saturated rings. The Labute approximate surface area is 116 Å². The van der Waals surface area contributed by atoms with Crippen LogP contribution in [0, 0.1) is 5.82 Å². The molecule has 0 aliphatic heterocycles. The second kappa shape index (κ2) is 4.78. The molecule has 0 amide bonds. The predicted molar refractivity (Wildman–Crippen MR) is 73.3 cm³/mol. The summed E-state index contributed by atoms with van der Waals surface area (Å²) in [6, 6.07) is 11.8. The van der Waals surface area contributed by atoms with E-state index in [9.17, 15) is 9.18 Å². The van der Waals surface area contributed by atoms with Crippen molar-refractivity contribution < 1.29 is 9.18 Å². The molecule has 19 heavy (non-hydrogen) atoms. The molecule has 0 saturated carbocycles. The number of halogens is 2. The molecule has 0 heterocycles. The van der Waals surface area contributed by atoms with E-state index in [-0.39, 0.29) is 17.5 Å². The van der Waals surface area contributed by atoms with Gasteiger partial charge in [0.15, 0.2) is 5.78 Å². The zero-order valence-corrected chi connectivity index (χ0v) is 11.0. The number of fused-ring (bicyclic) bond motifs is 1. The second-order valence-corrected chi connectivity index (χ2v) is 5.17. The average molecular weight is 275 g/mol. The van der Waals surface area contributed by atoms with Gasteiger partial charge in [0.25, 0.3) is 0 Å². The van der Waals surface area contributed by atoms with Gasteiger partial charge < -0.3 is 0 Å². The molecule has 1 aliphatic rings. The normalized spacial score (nSPS) is 18.2. The van der Waals surface area contributed by atoms with Crippen molar-refractivity contribution in [3.8, 4) is 0 Å². The standard InChI is InChI=1S/C16H12ClFO/c17-14-3-1-2-13-15(19)9-8-12(16(13)14)10-4-6-11(18)7-5-10/h1-7,12H,8-9H2. The zero-order valence-electron chi connectivity index (χ0n) is 10.2. The third-order valence-corrected chi connectivity index (χ3v) is 3.96. The lowest BCUT2D eigenvalue weighted by Gasteiger charge is -2.26. The Morgan fingerprint density at radius 3 is 2.58 bits per heavy atom. The maximum Gasteiger partial charge on any atom is 0.163 e. The topological polar surface area (TPSA) is 17.1 Å². The van der Waals surface area contributed by atoms with Crippen LogP contribution >= 0.6 is 11.6 Å². The number of hydrogen-bond acceptors (Lipinski definition) is 1. The third kappa shape index (κ3) is 2.17. The SMILES string of the molecule is O=C1CCC(c2ccc(F)cc2)c2c(Cl)cccc21. The number of Topliss-reactive ketones (excluding diaryl/α,β-unsaturated/α-hetero) is 1. The van der Waals surface area contributed by atoms with E-state index in [0.717, 1.165) is 17.5 Å². The van der Waals surface area contributed by atoms with Gasteiger partial charge in [-0.2, -0.15) is 0 Å². The first-order chi connectivity index (χ1) is 9.16. The number of carbonyl (C=O) groups excluding carboxylic acids is 1. The molecule has 3 heteroatoms. The van der Waals surface area contributed by atoms with Gasteiger partial charge in [-0.1, -0.05) is 35.9 Å². The zero-order chi connectivity index (χ0) is 13.4. The van der Waals surface area contributed by atoms with Crippen LogP contribution in [0.15, 0.2) is 42.5 Å². The van der Waals surface area contributed by atoms with Crippen molar-refractivity contribution in [2.75, 3.05) is 0 Å². The first-order valence-corrected chi connectivity index (χ1v) is 6.61. The largest absolute Gasteiger partial charge is 0.294 e. The lowest BCUT2D eigenvalue weighted by atomic mass is 9.78. The highest BCUT2D eigenvalue weighted by molar-refractivity contribution is 6.32. The molecule has 0 radical (unpaired) electrons. The number of rotatable bonds is 1. The van der Waals surface area contributed by atoms with Gasteiger partial charge in [-0.25, -0.2) is 4.39 Å². The van der Waals surface area contributed by atoms with Gasteiger partial charge in [-0.3, -0.25) is 4.79 Å². The van der Waals surface area contributed by atoms with Gasteiger partial charge in [0, 0.05) is 22.9 Å². The molecule has 1 atom stereocenters. The van der Waals surface area contributed by atoms with Crippen molar-refractivity contribution in [2.45, 2.75) is 18.8 Å². The molecular formula is C16H12ClFO. The summed E-state index contributed by atoms with van der Waals surface area (Å²) in [7, 11) is 0. The maximum atomic E-state index is 13.0.